The maximum Gasteiger partial charge on any atom is 0.404 e. The van der Waals surface area contributed by atoms with Crippen molar-refractivity contribution in [1.29, 1.82) is 0 Å². The topological polar surface area (TPSA) is 81.4 Å². The van der Waals surface area contributed by atoms with Crippen molar-refractivity contribution >= 4 is 12.0 Å². The Kier molecular flexibility index (Phi) is 4.83. The van der Waals surface area contributed by atoms with Gasteiger partial charge in [-0.15, -0.1) is 0 Å². The first-order valence-electron chi connectivity index (χ1n) is 3.73. The standard InChI is InChI=1S/C7H14N2O3/c1-5(12-7(8)11)3-4-6(10)9-2/h5H,3-4H2,1-2H3,(H2,8,11)(H,9,10). The second kappa shape index (κ2) is 5.40. The van der Waals surface area contributed by atoms with E-state index in [1.807, 2.05) is 0 Å². The Balaban J connectivity index is 3.50. The van der Waals surface area contributed by atoms with E-state index in [1.165, 1.54) is 0 Å². The van der Waals surface area contributed by atoms with Crippen LogP contribution in [-0.2, 0) is 9.53 Å². The molecule has 2 amide bonds. The first-order valence-corrected chi connectivity index (χ1v) is 3.73. The van der Waals surface area contributed by atoms with Crippen molar-refractivity contribution in [3.8, 4) is 0 Å². The van der Waals surface area contributed by atoms with Crippen LogP contribution in [0.25, 0.3) is 0 Å². The summed E-state index contributed by atoms with van der Waals surface area (Å²) in [5.74, 6) is -0.0741. The summed E-state index contributed by atoms with van der Waals surface area (Å²) in [4.78, 5) is 20.9. The molecule has 0 aromatic carbocycles. The van der Waals surface area contributed by atoms with Gasteiger partial charge in [0.25, 0.3) is 0 Å². The number of rotatable bonds is 4. The molecule has 0 fully saturated rings. The van der Waals surface area contributed by atoms with E-state index in [2.05, 4.69) is 10.1 Å². The van der Waals surface area contributed by atoms with E-state index in [0.29, 0.717) is 12.8 Å². The van der Waals surface area contributed by atoms with Crippen LogP contribution in [-0.4, -0.2) is 25.2 Å². The molecule has 0 aromatic rings. The van der Waals surface area contributed by atoms with Gasteiger partial charge in [0.1, 0.15) is 6.10 Å². The zero-order valence-corrected chi connectivity index (χ0v) is 7.29. The maximum atomic E-state index is 10.7. The molecule has 0 radical (unpaired) electrons. The van der Waals surface area contributed by atoms with E-state index in [9.17, 15) is 9.59 Å². The molecule has 0 aromatic heterocycles. The number of amides is 2. The number of nitrogens with two attached hydrogens (primary N) is 1. The molecule has 0 rings (SSSR count). The van der Waals surface area contributed by atoms with Gasteiger partial charge in [0.2, 0.25) is 5.91 Å². The molecule has 0 aliphatic heterocycles. The molecule has 3 N–H and O–H groups in total. The van der Waals surface area contributed by atoms with Gasteiger partial charge in [-0.1, -0.05) is 0 Å². The lowest BCUT2D eigenvalue weighted by atomic mass is 10.2. The minimum atomic E-state index is -0.806. The van der Waals surface area contributed by atoms with Crippen LogP contribution in [0.1, 0.15) is 19.8 Å². The van der Waals surface area contributed by atoms with Gasteiger partial charge in [-0.25, -0.2) is 4.79 Å². The van der Waals surface area contributed by atoms with E-state index in [4.69, 9.17) is 5.73 Å². The third kappa shape index (κ3) is 5.52. The summed E-state index contributed by atoms with van der Waals surface area (Å²) < 4.78 is 4.60. The molecule has 1 unspecified atom stereocenters. The van der Waals surface area contributed by atoms with Crippen molar-refractivity contribution in [1.82, 2.24) is 5.32 Å². The summed E-state index contributed by atoms with van der Waals surface area (Å²) in [7, 11) is 1.56. The Bertz CT molecular complexity index is 170. The third-order valence-electron chi connectivity index (χ3n) is 1.37. The van der Waals surface area contributed by atoms with Gasteiger partial charge in [0, 0.05) is 13.5 Å². The van der Waals surface area contributed by atoms with Crippen LogP contribution in [0.4, 0.5) is 4.79 Å². The highest BCUT2D eigenvalue weighted by atomic mass is 16.6. The summed E-state index contributed by atoms with van der Waals surface area (Å²) in [5.41, 5.74) is 4.77. The van der Waals surface area contributed by atoms with Crippen LogP contribution in [0, 0.1) is 0 Å². The van der Waals surface area contributed by atoms with Gasteiger partial charge < -0.3 is 15.8 Å². The smallest absolute Gasteiger partial charge is 0.404 e. The average Bonchev–Trinajstić information content (AvgIpc) is 1.99. The lowest BCUT2D eigenvalue weighted by Gasteiger charge is -2.09. The summed E-state index contributed by atoms with van der Waals surface area (Å²) in [5, 5.41) is 2.46. The predicted octanol–water partition coefficient (Wildman–Crippen LogP) is -0.00360. The number of primary amides is 1. The Hall–Kier alpha value is -1.26. The van der Waals surface area contributed by atoms with E-state index in [1.54, 1.807) is 14.0 Å². The molecule has 5 nitrogen and oxygen atoms in total. The van der Waals surface area contributed by atoms with Gasteiger partial charge >= 0.3 is 6.09 Å². The van der Waals surface area contributed by atoms with E-state index >= 15 is 0 Å². The lowest BCUT2D eigenvalue weighted by molar-refractivity contribution is -0.121. The molecule has 12 heavy (non-hydrogen) atoms. The monoisotopic (exact) mass is 174 g/mol. The van der Waals surface area contributed by atoms with Crippen LogP contribution in [0.15, 0.2) is 0 Å². The zero-order valence-electron chi connectivity index (χ0n) is 7.29. The average molecular weight is 174 g/mol. The van der Waals surface area contributed by atoms with Gasteiger partial charge in [-0.2, -0.15) is 0 Å². The molecule has 0 aliphatic rings. The fraction of sp³-hybridized carbons (Fsp3) is 0.714. The van der Waals surface area contributed by atoms with Gasteiger partial charge in [-0.05, 0) is 13.3 Å². The highest BCUT2D eigenvalue weighted by Crippen LogP contribution is 2.00. The molecule has 0 spiro atoms. The van der Waals surface area contributed by atoms with Crippen LogP contribution < -0.4 is 11.1 Å². The minimum absolute atomic E-state index is 0.0741. The Morgan fingerprint density at radius 2 is 2.17 bits per heavy atom. The number of ether oxygens (including phenoxy) is 1. The zero-order chi connectivity index (χ0) is 9.56. The van der Waals surface area contributed by atoms with Crippen molar-refractivity contribution in [3.63, 3.8) is 0 Å². The molecule has 0 heterocycles. The van der Waals surface area contributed by atoms with Gasteiger partial charge in [0.05, 0.1) is 0 Å². The van der Waals surface area contributed by atoms with Gasteiger partial charge in [-0.3, -0.25) is 4.79 Å². The van der Waals surface area contributed by atoms with Gasteiger partial charge in [0.15, 0.2) is 0 Å². The number of carbonyl (C=O) groups is 2. The van der Waals surface area contributed by atoms with Crippen molar-refractivity contribution < 1.29 is 14.3 Å². The fourth-order valence-corrected chi connectivity index (χ4v) is 0.717. The minimum Gasteiger partial charge on any atom is -0.447 e. The maximum absolute atomic E-state index is 10.7. The van der Waals surface area contributed by atoms with Crippen LogP contribution in [0.5, 0.6) is 0 Å². The quantitative estimate of drug-likeness (QED) is 0.629. The number of hydrogen-bond donors (Lipinski definition) is 2. The molecular formula is C7H14N2O3. The first kappa shape index (κ1) is 10.7. The second-order valence-electron chi connectivity index (χ2n) is 2.46. The molecule has 70 valence electrons. The summed E-state index contributed by atoms with van der Waals surface area (Å²) in [6.07, 6.45) is -0.285. The third-order valence-corrected chi connectivity index (χ3v) is 1.37. The first-order chi connectivity index (χ1) is 5.56. The number of carbonyl (C=O) groups excluding carboxylic acids is 2. The van der Waals surface area contributed by atoms with E-state index < -0.39 is 6.09 Å². The lowest BCUT2D eigenvalue weighted by Crippen LogP contribution is -2.23. The van der Waals surface area contributed by atoms with Crippen LogP contribution >= 0.6 is 0 Å². The Morgan fingerprint density at radius 1 is 1.58 bits per heavy atom. The number of hydrogen-bond acceptors (Lipinski definition) is 3. The van der Waals surface area contributed by atoms with E-state index in [-0.39, 0.29) is 12.0 Å². The second-order valence-corrected chi connectivity index (χ2v) is 2.46. The van der Waals surface area contributed by atoms with Crippen molar-refractivity contribution in [2.75, 3.05) is 7.05 Å². The SMILES string of the molecule is CNC(=O)CCC(C)OC(N)=O. The molecule has 0 saturated carbocycles. The Labute approximate surface area is 71.3 Å². The highest BCUT2D eigenvalue weighted by Gasteiger charge is 2.07. The Morgan fingerprint density at radius 3 is 2.58 bits per heavy atom. The fourth-order valence-electron chi connectivity index (χ4n) is 0.717. The highest BCUT2D eigenvalue weighted by molar-refractivity contribution is 5.75. The molecule has 5 heteroatoms. The summed E-state index contributed by atoms with van der Waals surface area (Å²) >= 11 is 0. The molecule has 1 atom stereocenters. The number of nitrogens with one attached hydrogen (secondary N) is 1. The van der Waals surface area contributed by atoms with Crippen LogP contribution in [0.2, 0.25) is 0 Å². The molecule has 0 aliphatic carbocycles. The molecular weight excluding hydrogens is 160 g/mol. The largest absolute Gasteiger partial charge is 0.447 e. The molecule has 0 bridgehead atoms. The van der Waals surface area contributed by atoms with Crippen molar-refractivity contribution in [3.05, 3.63) is 0 Å². The van der Waals surface area contributed by atoms with E-state index in [0.717, 1.165) is 0 Å². The normalized spacial score (nSPS) is 11.8. The summed E-state index contributed by atoms with van der Waals surface area (Å²) in [6.45, 7) is 1.69. The van der Waals surface area contributed by atoms with Crippen LogP contribution in [0.3, 0.4) is 0 Å². The summed E-state index contributed by atoms with van der Waals surface area (Å²) in [6, 6.07) is 0. The predicted molar refractivity (Wildman–Crippen MR) is 43.4 cm³/mol. The van der Waals surface area contributed by atoms with Crippen molar-refractivity contribution in [2.24, 2.45) is 5.73 Å². The molecule has 0 saturated heterocycles. The van der Waals surface area contributed by atoms with Crippen molar-refractivity contribution in [2.45, 2.75) is 25.9 Å².